The Hall–Kier alpha value is -1.43. The third kappa shape index (κ3) is 2.25. The molecule has 0 aliphatic carbocycles. The molecule has 0 bridgehead atoms. The Labute approximate surface area is 78.5 Å². The summed E-state index contributed by atoms with van der Waals surface area (Å²) in [5.41, 5.74) is 1.19. The van der Waals surface area contributed by atoms with Crippen LogP contribution in [0.2, 0.25) is 0 Å². The van der Waals surface area contributed by atoms with E-state index >= 15 is 0 Å². The summed E-state index contributed by atoms with van der Waals surface area (Å²) in [7, 11) is 0. The van der Waals surface area contributed by atoms with Crippen LogP contribution in [-0.2, 0) is 5.41 Å². The van der Waals surface area contributed by atoms with Crippen LogP contribution in [0.3, 0.4) is 0 Å². The fourth-order valence-corrected chi connectivity index (χ4v) is 0.961. The van der Waals surface area contributed by atoms with Crippen molar-refractivity contribution in [1.82, 2.24) is 9.97 Å². The lowest BCUT2D eigenvalue weighted by Crippen LogP contribution is -2.17. The maximum Gasteiger partial charge on any atom is 0.144 e. The van der Waals surface area contributed by atoms with Gasteiger partial charge in [-0.05, 0) is 13.0 Å². The Kier molecular flexibility index (Phi) is 2.33. The van der Waals surface area contributed by atoms with E-state index in [0.717, 1.165) is 11.5 Å². The summed E-state index contributed by atoms with van der Waals surface area (Å²) >= 11 is 0. The van der Waals surface area contributed by atoms with Crippen LogP contribution in [0.1, 0.15) is 38.0 Å². The van der Waals surface area contributed by atoms with E-state index < -0.39 is 0 Å². The monoisotopic (exact) mass is 175 g/mol. The maximum atomic E-state index is 8.71. The van der Waals surface area contributed by atoms with Crippen molar-refractivity contribution in [3.05, 3.63) is 23.3 Å². The zero-order chi connectivity index (χ0) is 10.1. The topological polar surface area (TPSA) is 49.6 Å². The molecule has 0 aromatic carbocycles. The molecule has 1 aromatic rings. The van der Waals surface area contributed by atoms with Crippen LogP contribution in [0.15, 0.2) is 6.07 Å². The second kappa shape index (κ2) is 3.14. The summed E-state index contributed by atoms with van der Waals surface area (Å²) in [5.74, 6) is 0.726. The number of nitrogens with zero attached hydrogens (tertiary/aromatic N) is 3. The van der Waals surface area contributed by atoms with Crippen molar-refractivity contribution >= 4 is 0 Å². The minimum absolute atomic E-state index is 0.0996. The smallest absolute Gasteiger partial charge is 0.144 e. The van der Waals surface area contributed by atoms with Crippen molar-refractivity contribution in [1.29, 1.82) is 5.26 Å². The Morgan fingerprint density at radius 2 is 1.92 bits per heavy atom. The molecule has 68 valence electrons. The highest BCUT2D eigenvalue weighted by Gasteiger charge is 2.18. The number of nitriles is 1. The molecule has 0 N–H and O–H groups in total. The van der Waals surface area contributed by atoms with Crippen LogP contribution in [0.5, 0.6) is 0 Å². The van der Waals surface area contributed by atoms with Gasteiger partial charge in [0, 0.05) is 11.1 Å². The summed E-state index contributed by atoms with van der Waals surface area (Å²) in [6.07, 6.45) is 0. The van der Waals surface area contributed by atoms with Gasteiger partial charge in [-0.25, -0.2) is 9.97 Å². The van der Waals surface area contributed by atoms with Gasteiger partial charge in [-0.2, -0.15) is 5.26 Å². The molecule has 0 saturated carbocycles. The van der Waals surface area contributed by atoms with E-state index in [1.165, 1.54) is 0 Å². The molecule has 13 heavy (non-hydrogen) atoms. The van der Waals surface area contributed by atoms with E-state index in [-0.39, 0.29) is 5.41 Å². The Morgan fingerprint density at radius 3 is 2.38 bits per heavy atom. The predicted octanol–water partition coefficient (Wildman–Crippen LogP) is 1.95. The quantitative estimate of drug-likeness (QED) is 0.605. The van der Waals surface area contributed by atoms with E-state index in [2.05, 4.69) is 9.97 Å². The first-order valence-corrected chi connectivity index (χ1v) is 4.20. The van der Waals surface area contributed by atoms with Crippen molar-refractivity contribution in [2.24, 2.45) is 0 Å². The fourth-order valence-electron chi connectivity index (χ4n) is 0.961. The first-order valence-electron chi connectivity index (χ1n) is 4.20. The lowest BCUT2D eigenvalue weighted by Gasteiger charge is -2.16. The Balaban J connectivity index is 3.26. The molecule has 0 saturated heterocycles. The summed E-state index contributed by atoms with van der Waals surface area (Å²) < 4.78 is 0. The molecule has 1 rings (SSSR count). The molecule has 0 radical (unpaired) electrons. The van der Waals surface area contributed by atoms with Gasteiger partial charge in [0.15, 0.2) is 0 Å². The highest BCUT2D eigenvalue weighted by molar-refractivity contribution is 5.23. The fraction of sp³-hybridized carbons (Fsp3) is 0.500. The molecule has 0 aliphatic rings. The normalized spacial score (nSPS) is 11.0. The molecular weight excluding hydrogens is 162 g/mol. The predicted molar refractivity (Wildman–Crippen MR) is 50.2 cm³/mol. The van der Waals surface area contributed by atoms with Gasteiger partial charge >= 0.3 is 0 Å². The van der Waals surface area contributed by atoms with Gasteiger partial charge in [-0.3, -0.25) is 0 Å². The Morgan fingerprint density at radius 1 is 1.31 bits per heavy atom. The molecule has 3 nitrogen and oxygen atoms in total. The van der Waals surface area contributed by atoms with Gasteiger partial charge in [0.2, 0.25) is 0 Å². The standard InChI is InChI=1S/C10H13N3/c1-7-5-8(6-11)13-9(12-7)10(2,3)4/h5H,1-4H3. The minimum Gasteiger partial charge on any atom is -0.238 e. The molecule has 0 aliphatic heterocycles. The number of aromatic nitrogens is 2. The molecule has 0 unspecified atom stereocenters. The van der Waals surface area contributed by atoms with Crippen LogP contribution in [-0.4, -0.2) is 9.97 Å². The van der Waals surface area contributed by atoms with Crippen molar-refractivity contribution in [3.63, 3.8) is 0 Å². The third-order valence-corrected chi connectivity index (χ3v) is 1.64. The van der Waals surface area contributed by atoms with E-state index in [0.29, 0.717) is 5.69 Å². The summed E-state index contributed by atoms with van der Waals surface area (Å²) in [4.78, 5) is 8.44. The van der Waals surface area contributed by atoms with Crippen molar-refractivity contribution in [3.8, 4) is 6.07 Å². The summed E-state index contributed by atoms with van der Waals surface area (Å²) in [5, 5.41) is 8.71. The van der Waals surface area contributed by atoms with Gasteiger partial charge in [-0.1, -0.05) is 20.8 Å². The molecule has 0 fully saturated rings. The SMILES string of the molecule is Cc1cc(C#N)nc(C(C)(C)C)n1. The number of rotatable bonds is 0. The molecule has 3 heteroatoms. The highest BCUT2D eigenvalue weighted by atomic mass is 14.9. The average Bonchev–Trinajstić information content (AvgIpc) is 2.01. The molecule has 0 spiro atoms. The van der Waals surface area contributed by atoms with Crippen LogP contribution < -0.4 is 0 Å². The van der Waals surface area contributed by atoms with Crippen LogP contribution in [0.25, 0.3) is 0 Å². The minimum atomic E-state index is -0.0996. The third-order valence-electron chi connectivity index (χ3n) is 1.64. The van der Waals surface area contributed by atoms with Gasteiger partial charge in [-0.15, -0.1) is 0 Å². The highest BCUT2D eigenvalue weighted by Crippen LogP contribution is 2.18. The van der Waals surface area contributed by atoms with Crippen molar-refractivity contribution in [2.45, 2.75) is 33.1 Å². The first-order chi connectivity index (χ1) is 5.93. The Bertz CT molecular complexity index is 355. The average molecular weight is 175 g/mol. The van der Waals surface area contributed by atoms with E-state index in [1.54, 1.807) is 6.07 Å². The van der Waals surface area contributed by atoms with Crippen LogP contribution in [0, 0.1) is 18.3 Å². The van der Waals surface area contributed by atoms with Crippen molar-refractivity contribution in [2.75, 3.05) is 0 Å². The van der Waals surface area contributed by atoms with Crippen LogP contribution >= 0.6 is 0 Å². The van der Waals surface area contributed by atoms with Gasteiger partial charge < -0.3 is 0 Å². The second-order valence-corrected chi connectivity index (χ2v) is 4.08. The van der Waals surface area contributed by atoms with E-state index in [9.17, 15) is 0 Å². The molecule has 0 amide bonds. The number of aryl methyl sites for hydroxylation is 1. The zero-order valence-corrected chi connectivity index (χ0v) is 8.42. The first kappa shape index (κ1) is 9.66. The molecule has 1 aromatic heterocycles. The maximum absolute atomic E-state index is 8.71. The zero-order valence-electron chi connectivity index (χ0n) is 8.42. The lowest BCUT2D eigenvalue weighted by molar-refractivity contribution is 0.542. The van der Waals surface area contributed by atoms with E-state index in [1.807, 2.05) is 33.8 Å². The molecule has 0 atom stereocenters. The molecule has 1 heterocycles. The van der Waals surface area contributed by atoms with Gasteiger partial charge in [0.05, 0.1) is 0 Å². The number of hydrogen-bond donors (Lipinski definition) is 0. The van der Waals surface area contributed by atoms with E-state index in [4.69, 9.17) is 5.26 Å². The lowest BCUT2D eigenvalue weighted by atomic mass is 9.95. The second-order valence-electron chi connectivity index (χ2n) is 4.08. The summed E-state index contributed by atoms with van der Waals surface area (Å²) in [6.45, 7) is 7.96. The largest absolute Gasteiger partial charge is 0.238 e. The van der Waals surface area contributed by atoms with Gasteiger partial charge in [0.25, 0.3) is 0 Å². The molecular formula is C10H13N3. The summed E-state index contributed by atoms with van der Waals surface area (Å²) in [6, 6.07) is 3.72. The number of hydrogen-bond acceptors (Lipinski definition) is 3. The van der Waals surface area contributed by atoms with Crippen molar-refractivity contribution < 1.29 is 0 Å². The van der Waals surface area contributed by atoms with Crippen LogP contribution in [0.4, 0.5) is 0 Å². The van der Waals surface area contributed by atoms with Gasteiger partial charge in [0.1, 0.15) is 17.6 Å².